The van der Waals surface area contributed by atoms with Crippen molar-refractivity contribution in [1.29, 1.82) is 0 Å². The van der Waals surface area contributed by atoms with Gasteiger partial charge >= 0.3 is 0 Å². The molecule has 0 saturated heterocycles. The van der Waals surface area contributed by atoms with Crippen molar-refractivity contribution >= 4 is 28.9 Å². The lowest BCUT2D eigenvalue weighted by atomic mass is 10.1. The Morgan fingerprint density at radius 1 is 0.833 bits per heavy atom. The van der Waals surface area contributed by atoms with Gasteiger partial charge in [0.25, 0.3) is 5.91 Å². The van der Waals surface area contributed by atoms with Crippen LogP contribution in [0.3, 0.4) is 0 Å². The first-order valence-corrected chi connectivity index (χ1v) is 9.90. The minimum absolute atomic E-state index is 0.0787. The summed E-state index contributed by atoms with van der Waals surface area (Å²) < 4.78 is 0. The fourth-order valence-corrected chi connectivity index (χ4v) is 3.57. The Bertz CT molecular complexity index is 1060. The molecule has 2 amide bonds. The van der Waals surface area contributed by atoms with Crippen LogP contribution >= 0.6 is 0 Å². The van der Waals surface area contributed by atoms with Gasteiger partial charge in [0, 0.05) is 23.4 Å². The molecular formula is C25H23N3O2. The molecule has 0 fully saturated rings. The summed E-state index contributed by atoms with van der Waals surface area (Å²) in [5, 5.41) is 6.30. The molecule has 0 radical (unpaired) electrons. The number of amides is 2. The van der Waals surface area contributed by atoms with Crippen LogP contribution in [0.5, 0.6) is 0 Å². The van der Waals surface area contributed by atoms with Gasteiger partial charge in [-0.3, -0.25) is 14.5 Å². The van der Waals surface area contributed by atoms with Crippen molar-refractivity contribution in [3.63, 3.8) is 0 Å². The molecule has 2 N–H and O–H groups in total. The van der Waals surface area contributed by atoms with Crippen molar-refractivity contribution in [2.75, 3.05) is 23.7 Å². The van der Waals surface area contributed by atoms with Crippen molar-refractivity contribution in [1.82, 2.24) is 4.90 Å². The highest BCUT2D eigenvalue weighted by molar-refractivity contribution is 6.11. The van der Waals surface area contributed by atoms with Crippen molar-refractivity contribution in [2.45, 2.75) is 6.42 Å². The Labute approximate surface area is 176 Å². The highest BCUT2D eigenvalue weighted by atomic mass is 16.2. The monoisotopic (exact) mass is 397 g/mol. The molecule has 150 valence electrons. The van der Waals surface area contributed by atoms with Crippen molar-refractivity contribution in [3.05, 3.63) is 102 Å². The third-order valence-electron chi connectivity index (χ3n) is 5.11. The Morgan fingerprint density at radius 3 is 2.20 bits per heavy atom. The van der Waals surface area contributed by atoms with Crippen LogP contribution in [0.1, 0.15) is 21.5 Å². The average molecular weight is 397 g/mol. The maximum absolute atomic E-state index is 12.7. The van der Waals surface area contributed by atoms with E-state index in [0.717, 1.165) is 24.2 Å². The quantitative estimate of drug-likeness (QED) is 0.621. The van der Waals surface area contributed by atoms with Gasteiger partial charge in [0.1, 0.15) is 6.54 Å². The van der Waals surface area contributed by atoms with Gasteiger partial charge in [0.15, 0.2) is 0 Å². The van der Waals surface area contributed by atoms with Crippen LogP contribution in [-0.2, 0) is 11.2 Å². The van der Waals surface area contributed by atoms with E-state index in [1.54, 1.807) is 6.07 Å². The fourth-order valence-electron chi connectivity index (χ4n) is 3.57. The summed E-state index contributed by atoms with van der Waals surface area (Å²) in [6, 6.07) is 25.1. The van der Waals surface area contributed by atoms with E-state index in [1.165, 1.54) is 10.5 Å². The Morgan fingerprint density at radius 2 is 1.47 bits per heavy atom. The second kappa shape index (κ2) is 8.66. The first-order valence-electron chi connectivity index (χ1n) is 9.90. The van der Waals surface area contributed by atoms with E-state index >= 15 is 0 Å². The Kier molecular flexibility index (Phi) is 5.61. The number of anilines is 2. The molecule has 3 aromatic carbocycles. The zero-order chi connectivity index (χ0) is 20.9. The summed E-state index contributed by atoms with van der Waals surface area (Å²) in [6.45, 7) is 4.65. The van der Waals surface area contributed by atoms with Crippen molar-refractivity contribution < 1.29 is 9.59 Å². The third kappa shape index (κ3) is 4.10. The lowest BCUT2D eigenvalue weighted by Crippen LogP contribution is -2.32. The number of fused-ring (bicyclic) bond motifs is 1. The predicted molar refractivity (Wildman–Crippen MR) is 120 cm³/mol. The molecule has 1 aliphatic heterocycles. The molecule has 5 heteroatoms. The Hall–Kier alpha value is -3.86. The first kappa shape index (κ1) is 19.5. The molecule has 0 bridgehead atoms. The summed E-state index contributed by atoms with van der Waals surface area (Å²) in [5.74, 6) is -0.463. The van der Waals surface area contributed by atoms with E-state index < -0.39 is 0 Å². The minimum Gasteiger partial charge on any atom is -0.383 e. The molecule has 1 heterocycles. The molecule has 3 aromatic rings. The van der Waals surface area contributed by atoms with E-state index in [0.29, 0.717) is 16.9 Å². The van der Waals surface area contributed by atoms with Gasteiger partial charge in [-0.1, -0.05) is 67.2 Å². The number of carbonyl (C=O) groups is 2. The van der Waals surface area contributed by atoms with Gasteiger partial charge in [-0.2, -0.15) is 0 Å². The van der Waals surface area contributed by atoms with Crippen LogP contribution in [0.25, 0.3) is 5.70 Å². The summed E-state index contributed by atoms with van der Waals surface area (Å²) in [5.41, 5.74) is 4.69. The highest BCUT2D eigenvalue weighted by Gasteiger charge is 2.31. The van der Waals surface area contributed by atoms with E-state index in [9.17, 15) is 9.59 Å². The lowest BCUT2D eigenvalue weighted by Gasteiger charge is -2.18. The summed E-state index contributed by atoms with van der Waals surface area (Å²) in [4.78, 5) is 26.7. The largest absolute Gasteiger partial charge is 0.383 e. The number of hydrogen-bond acceptors (Lipinski definition) is 3. The van der Waals surface area contributed by atoms with Crippen molar-refractivity contribution in [3.8, 4) is 0 Å². The van der Waals surface area contributed by atoms with Gasteiger partial charge in [-0.05, 0) is 30.2 Å². The highest BCUT2D eigenvalue weighted by Crippen LogP contribution is 2.31. The van der Waals surface area contributed by atoms with Gasteiger partial charge in [-0.15, -0.1) is 0 Å². The molecule has 5 nitrogen and oxygen atoms in total. The van der Waals surface area contributed by atoms with E-state index in [2.05, 4.69) is 29.3 Å². The van der Waals surface area contributed by atoms with E-state index in [-0.39, 0.29) is 18.4 Å². The normalized spacial score (nSPS) is 12.6. The third-order valence-corrected chi connectivity index (χ3v) is 5.11. The minimum atomic E-state index is -0.269. The molecule has 30 heavy (non-hydrogen) atoms. The van der Waals surface area contributed by atoms with Gasteiger partial charge in [0.2, 0.25) is 5.91 Å². The summed E-state index contributed by atoms with van der Waals surface area (Å²) in [7, 11) is 0. The number of rotatable bonds is 7. The van der Waals surface area contributed by atoms with Crippen molar-refractivity contribution in [2.24, 2.45) is 0 Å². The van der Waals surface area contributed by atoms with Gasteiger partial charge in [-0.25, -0.2) is 0 Å². The van der Waals surface area contributed by atoms with E-state index in [1.807, 2.05) is 60.7 Å². The predicted octanol–water partition coefficient (Wildman–Crippen LogP) is 4.41. The molecule has 0 atom stereocenters. The standard InChI is InChI=1S/C25H23N3O2/c1-18-20-11-5-6-12-21(20)25(30)28(18)17-24(29)27-23-14-8-7-13-22(23)26-16-15-19-9-3-2-4-10-19/h2-14,26H,1,15-17H2,(H,27,29). The topological polar surface area (TPSA) is 61.4 Å². The maximum atomic E-state index is 12.7. The summed E-state index contributed by atoms with van der Waals surface area (Å²) in [6.07, 6.45) is 0.878. The molecular weight excluding hydrogens is 374 g/mol. The SMILES string of the molecule is C=C1c2ccccc2C(=O)N1CC(=O)Nc1ccccc1NCCc1ccccc1. The second-order valence-corrected chi connectivity index (χ2v) is 7.14. The molecule has 0 aliphatic carbocycles. The van der Waals surface area contributed by atoms with Crippen LogP contribution in [0, 0.1) is 0 Å². The Balaban J connectivity index is 1.38. The fraction of sp³-hybridized carbons (Fsp3) is 0.120. The molecule has 1 aliphatic rings. The van der Waals surface area contributed by atoms with Crippen LogP contribution in [0.15, 0.2) is 85.4 Å². The zero-order valence-electron chi connectivity index (χ0n) is 16.6. The number of benzene rings is 3. The molecule has 0 unspecified atom stereocenters. The average Bonchev–Trinajstić information content (AvgIpc) is 3.01. The number of hydrogen-bond donors (Lipinski definition) is 2. The molecule has 0 aromatic heterocycles. The number of para-hydroxylation sites is 2. The molecule has 0 saturated carbocycles. The maximum Gasteiger partial charge on any atom is 0.259 e. The molecule has 0 spiro atoms. The van der Waals surface area contributed by atoms with Crippen LogP contribution < -0.4 is 10.6 Å². The second-order valence-electron chi connectivity index (χ2n) is 7.14. The molecule has 4 rings (SSSR count). The smallest absolute Gasteiger partial charge is 0.259 e. The van der Waals surface area contributed by atoms with Crippen LogP contribution in [0.2, 0.25) is 0 Å². The number of nitrogens with zero attached hydrogens (tertiary/aromatic N) is 1. The number of carbonyl (C=O) groups excluding carboxylic acids is 2. The zero-order valence-corrected chi connectivity index (χ0v) is 16.6. The van der Waals surface area contributed by atoms with Gasteiger partial charge in [0.05, 0.1) is 11.4 Å². The van der Waals surface area contributed by atoms with Gasteiger partial charge < -0.3 is 10.6 Å². The van der Waals surface area contributed by atoms with Crippen LogP contribution in [0.4, 0.5) is 11.4 Å². The number of nitrogens with one attached hydrogen (secondary N) is 2. The van der Waals surface area contributed by atoms with Crippen LogP contribution in [-0.4, -0.2) is 29.8 Å². The lowest BCUT2D eigenvalue weighted by molar-refractivity contribution is -0.116. The van der Waals surface area contributed by atoms with E-state index in [4.69, 9.17) is 0 Å². The summed E-state index contributed by atoms with van der Waals surface area (Å²) >= 11 is 0. The first-order chi connectivity index (χ1) is 14.6.